The van der Waals surface area contributed by atoms with Crippen LogP contribution in [0.5, 0.6) is 0 Å². The van der Waals surface area contributed by atoms with E-state index in [1.807, 2.05) is 11.8 Å². The highest BCUT2D eigenvalue weighted by molar-refractivity contribution is 5.96. The van der Waals surface area contributed by atoms with Gasteiger partial charge in [0.25, 0.3) is 0 Å². The lowest BCUT2D eigenvalue weighted by molar-refractivity contribution is -0.118. The second-order valence-electron chi connectivity index (χ2n) is 6.13. The molecule has 0 saturated carbocycles. The van der Waals surface area contributed by atoms with E-state index >= 15 is 0 Å². The van der Waals surface area contributed by atoms with Crippen molar-refractivity contribution in [1.82, 2.24) is 5.32 Å². The number of carbonyl (C=O) groups excluding carboxylic acids is 1. The second kappa shape index (κ2) is 5.57. The Bertz CT molecular complexity index is 506. The molecule has 2 aliphatic heterocycles. The molecule has 108 valence electrons. The number of fused-ring (bicyclic) bond motifs is 1. The topological polar surface area (TPSA) is 32.3 Å². The monoisotopic (exact) mass is 272 g/mol. The number of nitrogens with zero attached hydrogens (tertiary/aromatic N) is 1. The standard InChI is InChI=1S/C17H24N2O/c1-3-17(20)19-12(2)9-14-10-13(6-7-16(14)19)11-15-5-4-8-18-15/h6-7,10,12,15,18H,3-5,8-9,11H2,1-2H3. The van der Waals surface area contributed by atoms with Crippen LogP contribution in [0.4, 0.5) is 5.69 Å². The van der Waals surface area contributed by atoms with Gasteiger partial charge in [-0.3, -0.25) is 4.79 Å². The number of amides is 1. The van der Waals surface area contributed by atoms with E-state index in [0.29, 0.717) is 18.5 Å². The first-order valence-corrected chi connectivity index (χ1v) is 7.86. The van der Waals surface area contributed by atoms with Gasteiger partial charge in [0, 0.05) is 24.2 Å². The molecule has 1 saturated heterocycles. The van der Waals surface area contributed by atoms with Crippen LogP contribution in [0.2, 0.25) is 0 Å². The van der Waals surface area contributed by atoms with E-state index in [2.05, 4.69) is 30.4 Å². The van der Waals surface area contributed by atoms with E-state index < -0.39 is 0 Å². The van der Waals surface area contributed by atoms with Crippen molar-refractivity contribution in [3.8, 4) is 0 Å². The molecule has 20 heavy (non-hydrogen) atoms. The zero-order chi connectivity index (χ0) is 14.1. The first-order chi connectivity index (χ1) is 9.69. The third kappa shape index (κ3) is 2.47. The number of nitrogens with one attached hydrogen (secondary N) is 1. The molecule has 3 heteroatoms. The van der Waals surface area contributed by atoms with Gasteiger partial charge in [0.05, 0.1) is 0 Å². The van der Waals surface area contributed by atoms with Crippen molar-refractivity contribution in [1.29, 1.82) is 0 Å². The molecule has 0 radical (unpaired) electrons. The molecule has 3 nitrogen and oxygen atoms in total. The largest absolute Gasteiger partial charge is 0.314 e. The maximum absolute atomic E-state index is 12.1. The van der Waals surface area contributed by atoms with E-state index in [-0.39, 0.29) is 5.91 Å². The summed E-state index contributed by atoms with van der Waals surface area (Å²) >= 11 is 0. The fourth-order valence-corrected chi connectivity index (χ4v) is 3.58. The van der Waals surface area contributed by atoms with Crippen molar-refractivity contribution in [2.24, 2.45) is 0 Å². The van der Waals surface area contributed by atoms with Crippen LogP contribution in [0, 0.1) is 0 Å². The van der Waals surface area contributed by atoms with E-state index in [1.165, 1.54) is 24.0 Å². The predicted octanol–water partition coefficient (Wildman–Crippen LogP) is 2.67. The van der Waals surface area contributed by atoms with E-state index in [9.17, 15) is 4.79 Å². The van der Waals surface area contributed by atoms with Crippen LogP contribution in [0.15, 0.2) is 18.2 Å². The molecule has 1 amide bonds. The number of benzene rings is 1. The summed E-state index contributed by atoms with van der Waals surface area (Å²) in [6, 6.07) is 7.61. The van der Waals surface area contributed by atoms with Gasteiger partial charge in [-0.15, -0.1) is 0 Å². The Balaban J connectivity index is 1.80. The molecular weight excluding hydrogens is 248 g/mol. The third-order valence-corrected chi connectivity index (χ3v) is 4.58. The zero-order valence-corrected chi connectivity index (χ0v) is 12.5. The molecular formula is C17H24N2O. The third-order valence-electron chi connectivity index (χ3n) is 4.58. The fourth-order valence-electron chi connectivity index (χ4n) is 3.58. The summed E-state index contributed by atoms with van der Waals surface area (Å²) < 4.78 is 0. The average Bonchev–Trinajstić information content (AvgIpc) is 3.04. The summed E-state index contributed by atoms with van der Waals surface area (Å²) in [4.78, 5) is 14.0. The van der Waals surface area contributed by atoms with Crippen molar-refractivity contribution >= 4 is 11.6 Å². The van der Waals surface area contributed by atoms with Crippen molar-refractivity contribution < 1.29 is 4.79 Å². The van der Waals surface area contributed by atoms with Crippen molar-refractivity contribution in [2.45, 2.75) is 58.0 Å². The highest BCUT2D eigenvalue weighted by Crippen LogP contribution is 2.33. The van der Waals surface area contributed by atoms with Crippen molar-refractivity contribution in [3.05, 3.63) is 29.3 Å². The maximum Gasteiger partial charge on any atom is 0.226 e. The number of hydrogen-bond acceptors (Lipinski definition) is 2. The van der Waals surface area contributed by atoms with Crippen LogP contribution in [0.25, 0.3) is 0 Å². The Morgan fingerprint density at radius 2 is 2.30 bits per heavy atom. The van der Waals surface area contributed by atoms with E-state index in [1.54, 1.807) is 0 Å². The van der Waals surface area contributed by atoms with Gasteiger partial charge >= 0.3 is 0 Å². The minimum absolute atomic E-state index is 0.237. The molecule has 0 bridgehead atoms. The number of rotatable bonds is 3. The minimum atomic E-state index is 0.237. The lowest BCUT2D eigenvalue weighted by atomic mass is 10.0. The molecule has 2 aliphatic rings. The first-order valence-electron chi connectivity index (χ1n) is 7.86. The molecule has 0 aliphatic carbocycles. The van der Waals surface area contributed by atoms with Gasteiger partial charge in [-0.1, -0.05) is 19.1 Å². The van der Waals surface area contributed by atoms with Crippen LogP contribution < -0.4 is 10.2 Å². The summed E-state index contributed by atoms with van der Waals surface area (Å²) in [7, 11) is 0. The second-order valence-corrected chi connectivity index (χ2v) is 6.13. The summed E-state index contributed by atoms with van der Waals surface area (Å²) in [6.45, 7) is 5.24. The van der Waals surface area contributed by atoms with Crippen molar-refractivity contribution in [2.75, 3.05) is 11.4 Å². The Kier molecular flexibility index (Phi) is 3.79. The van der Waals surface area contributed by atoms with Gasteiger partial charge in [0.1, 0.15) is 0 Å². The van der Waals surface area contributed by atoms with Gasteiger partial charge in [-0.05, 0) is 56.3 Å². The Morgan fingerprint density at radius 3 is 3.00 bits per heavy atom. The smallest absolute Gasteiger partial charge is 0.226 e. The average molecular weight is 272 g/mol. The number of hydrogen-bond donors (Lipinski definition) is 1. The SMILES string of the molecule is CCC(=O)N1c2ccc(CC3CCCN3)cc2CC1C. The van der Waals surface area contributed by atoms with Crippen LogP contribution in [0.1, 0.15) is 44.2 Å². The molecule has 2 heterocycles. The Morgan fingerprint density at radius 1 is 1.45 bits per heavy atom. The molecule has 2 unspecified atom stereocenters. The molecule has 1 aromatic rings. The van der Waals surface area contributed by atoms with Gasteiger partial charge in [0.15, 0.2) is 0 Å². The van der Waals surface area contributed by atoms with Gasteiger partial charge < -0.3 is 10.2 Å². The zero-order valence-electron chi connectivity index (χ0n) is 12.5. The summed E-state index contributed by atoms with van der Waals surface area (Å²) in [5, 5.41) is 3.55. The Labute approximate surface area is 121 Å². The molecule has 3 rings (SSSR count). The van der Waals surface area contributed by atoms with Crippen LogP contribution >= 0.6 is 0 Å². The highest BCUT2D eigenvalue weighted by Gasteiger charge is 2.30. The molecule has 1 fully saturated rings. The van der Waals surface area contributed by atoms with Crippen LogP contribution in [-0.4, -0.2) is 24.5 Å². The van der Waals surface area contributed by atoms with E-state index in [4.69, 9.17) is 0 Å². The molecule has 1 N–H and O–H groups in total. The van der Waals surface area contributed by atoms with Crippen LogP contribution in [-0.2, 0) is 17.6 Å². The summed E-state index contributed by atoms with van der Waals surface area (Å²) in [5.74, 6) is 0.237. The highest BCUT2D eigenvalue weighted by atomic mass is 16.2. The van der Waals surface area contributed by atoms with Gasteiger partial charge in [0.2, 0.25) is 5.91 Å². The molecule has 0 spiro atoms. The number of carbonyl (C=O) groups is 1. The first kappa shape index (κ1) is 13.6. The molecule has 0 aromatic heterocycles. The van der Waals surface area contributed by atoms with E-state index in [0.717, 1.165) is 25.1 Å². The van der Waals surface area contributed by atoms with Gasteiger partial charge in [-0.2, -0.15) is 0 Å². The van der Waals surface area contributed by atoms with Crippen molar-refractivity contribution in [3.63, 3.8) is 0 Å². The summed E-state index contributed by atoms with van der Waals surface area (Å²) in [6.07, 6.45) is 5.27. The summed E-state index contributed by atoms with van der Waals surface area (Å²) in [5.41, 5.74) is 3.88. The fraction of sp³-hybridized carbons (Fsp3) is 0.588. The minimum Gasteiger partial charge on any atom is -0.314 e. The van der Waals surface area contributed by atoms with Gasteiger partial charge in [-0.25, -0.2) is 0 Å². The molecule has 2 atom stereocenters. The normalized spacial score (nSPS) is 25.0. The maximum atomic E-state index is 12.1. The number of anilines is 1. The lowest BCUT2D eigenvalue weighted by Gasteiger charge is -2.22. The Hall–Kier alpha value is -1.35. The lowest BCUT2D eigenvalue weighted by Crippen LogP contribution is -2.35. The molecule has 1 aromatic carbocycles. The van der Waals surface area contributed by atoms with Crippen LogP contribution in [0.3, 0.4) is 0 Å². The quantitative estimate of drug-likeness (QED) is 0.917. The predicted molar refractivity (Wildman–Crippen MR) is 82.1 cm³/mol.